The highest BCUT2D eigenvalue weighted by Gasteiger charge is 2.44. The van der Waals surface area contributed by atoms with E-state index in [9.17, 15) is 19.2 Å². The number of nitrogens with one attached hydrogen (secondary N) is 4. The second-order valence-corrected chi connectivity index (χ2v) is 20.0. The second-order valence-electron chi connectivity index (χ2n) is 20.0. The molecular weight excluding hydrogens is 925 g/mol. The van der Waals surface area contributed by atoms with E-state index in [4.69, 9.17) is 19.4 Å². The number of imidazole rings is 2. The number of benzene rings is 3. The van der Waals surface area contributed by atoms with Crippen molar-refractivity contribution in [2.75, 3.05) is 50.2 Å². The summed E-state index contributed by atoms with van der Waals surface area (Å²) in [6, 6.07) is 10.1. The Morgan fingerprint density at radius 1 is 0.648 bits per heavy atom. The largest absolute Gasteiger partial charge is 0.453 e. The van der Waals surface area contributed by atoms with Gasteiger partial charge < -0.3 is 49.7 Å². The minimum atomic E-state index is -1.32. The summed E-state index contributed by atoms with van der Waals surface area (Å²) in [6.07, 6.45) is -0.312. The van der Waals surface area contributed by atoms with Crippen LogP contribution in [0.4, 0.5) is 38.5 Å². The molecule has 9 rings (SSSR count). The molecule has 0 unspecified atom stereocenters. The number of alkyl carbamates (subject to hydrolysis) is 2. The van der Waals surface area contributed by atoms with Crippen molar-refractivity contribution in [1.82, 2.24) is 40.4 Å². The summed E-state index contributed by atoms with van der Waals surface area (Å²) in [7, 11) is 2.41. The van der Waals surface area contributed by atoms with E-state index in [1.807, 2.05) is 41.3 Å². The van der Waals surface area contributed by atoms with Crippen molar-refractivity contribution in [3.8, 4) is 0 Å². The standard InChI is InChI=1S/C51H62F4N10O6/c1-26(2)43(60-50(68)70-5)48(66)63-24-30(52)20-41(63)46-56-35-12-10-28(18-37(35)58-46)39-14-15-40(65(39)32-22-33(54)45(34(55)23-32)62-16-8-7-9-17-62)29-11-13-36-38(19-29)59-47(57-36)42-21-31(53)25-64(42)49(67)44(27(3)4)61-51(69)71-6/h10-13,18-19,22-23,26-27,30-31,39-44H,7-9,14-17,20-21,24-25H2,1-6H3,(H,56,58)(H,57,59)(H,60,68)(H,61,69)/t30-,31-,39-,40-,41+,42+,43+,44+/m1/s1. The Morgan fingerprint density at radius 3 is 1.49 bits per heavy atom. The zero-order valence-corrected chi connectivity index (χ0v) is 40.8. The number of anilines is 2. The molecule has 4 amide bonds. The first-order valence-electron chi connectivity index (χ1n) is 24.6. The van der Waals surface area contributed by atoms with Crippen LogP contribution in [0.15, 0.2) is 48.5 Å². The third-order valence-electron chi connectivity index (χ3n) is 14.7. The number of carbonyl (C=O) groups excluding carboxylic acids is 4. The number of nitrogens with zero attached hydrogens (tertiary/aromatic N) is 6. The molecule has 4 fully saturated rings. The lowest BCUT2D eigenvalue weighted by Crippen LogP contribution is -2.51. The van der Waals surface area contributed by atoms with Crippen molar-refractivity contribution >= 4 is 57.4 Å². The molecule has 0 saturated carbocycles. The fourth-order valence-corrected chi connectivity index (χ4v) is 11.1. The lowest BCUT2D eigenvalue weighted by atomic mass is 10.0. The van der Waals surface area contributed by atoms with Gasteiger partial charge in [-0.15, -0.1) is 0 Å². The molecule has 5 aromatic rings. The number of aromatic amines is 2. The molecule has 0 bridgehead atoms. The molecule has 4 aliphatic rings. The number of likely N-dealkylation sites (tertiary alicyclic amines) is 2. The maximum Gasteiger partial charge on any atom is 0.407 e. The maximum atomic E-state index is 16.4. The number of ether oxygens (including phenoxy) is 2. The average Bonchev–Trinajstić information content (AvgIpc) is 4.20. The van der Waals surface area contributed by atoms with E-state index in [2.05, 4.69) is 20.6 Å². The SMILES string of the molecule is COC(=O)N[C@H](C(=O)N1C[C@H](F)C[C@H]1c1nc2cc([C@H]3CC[C@H](c4ccc5[nH]c([C@@H]6C[C@@H](F)CN6C(=O)[C@@H](NC(=O)OC)C(C)C)nc5c4)N3c3cc(F)c(N4CCCCC4)c(F)c3)ccc2[nH]1)C(C)C. The molecule has 3 aromatic carbocycles. The normalized spacial score (nSPS) is 23.5. The molecule has 6 heterocycles. The summed E-state index contributed by atoms with van der Waals surface area (Å²) in [6.45, 7) is 7.90. The quantitative estimate of drug-likeness (QED) is 0.0883. The van der Waals surface area contributed by atoms with Crippen molar-refractivity contribution in [3.63, 3.8) is 0 Å². The molecular formula is C51H62F4N10O6. The third-order valence-corrected chi connectivity index (χ3v) is 14.7. The first-order valence-corrected chi connectivity index (χ1v) is 24.6. The lowest BCUT2D eigenvalue weighted by Gasteiger charge is -2.35. The molecule has 8 atom stereocenters. The topological polar surface area (TPSA) is 181 Å². The van der Waals surface area contributed by atoms with Crippen LogP contribution in [0.2, 0.25) is 0 Å². The lowest BCUT2D eigenvalue weighted by molar-refractivity contribution is -0.136. The van der Waals surface area contributed by atoms with Crippen LogP contribution in [0, 0.1) is 23.5 Å². The maximum absolute atomic E-state index is 16.4. The number of methoxy groups -OCH3 is 2. The van der Waals surface area contributed by atoms with Gasteiger partial charge in [0.2, 0.25) is 11.8 Å². The summed E-state index contributed by atoms with van der Waals surface area (Å²) >= 11 is 0. The van der Waals surface area contributed by atoms with Gasteiger partial charge in [0.05, 0.1) is 73.5 Å². The van der Waals surface area contributed by atoms with Crippen LogP contribution in [0.5, 0.6) is 0 Å². The van der Waals surface area contributed by atoms with Crippen LogP contribution in [0.3, 0.4) is 0 Å². The van der Waals surface area contributed by atoms with E-state index in [0.29, 0.717) is 65.3 Å². The number of hydrogen-bond acceptors (Lipinski definition) is 10. The highest BCUT2D eigenvalue weighted by atomic mass is 19.1. The number of rotatable bonds is 12. The van der Waals surface area contributed by atoms with Crippen LogP contribution in [0.1, 0.15) is 120 Å². The Labute approximate surface area is 409 Å². The van der Waals surface area contributed by atoms with Crippen molar-refractivity contribution < 1.29 is 46.2 Å². The third kappa shape index (κ3) is 9.77. The predicted molar refractivity (Wildman–Crippen MR) is 258 cm³/mol. The molecule has 380 valence electrons. The molecule has 16 nitrogen and oxygen atoms in total. The zero-order chi connectivity index (χ0) is 50.4. The van der Waals surface area contributed by atoms with Gasteiger partial charge in [0.25, 0.3) is 0 Å². The Kier molecular flexibility index (Phi) is 14.1. The zero-order valence-electron chi connectivity index (χ0n) is 40.8. The smallest absolute Gasteiger partial charge is 0.407 e. The molecule has 4 N–H and O–H groups in total. The Morgan fingerprint density at radius 2 is 1.08 bits per heavy atom. The van der Waals surface area contributed by atoms with Gasteiger partial charge in [0.1, 0.15) is 41.8 Å². The number of hydrogen-bond donors (Lipinski definition) is 4. The molecule has 0 aliphatic carbocycles. The van der Waals surface area contributed by atoms with Gasteiger partial charge in [-0.25, -0.2) is 37.1 Å². The second kappa shape index (κ2) is 20.3. The Balaban J connectivity index is 1.05. The minimum absolute atomic E-state index is 0.00641. The summed E-state index contributed by atoms with van der Waals surface area (Å²) in [5.41, 5.74) is 4.37. The number of amides is 4. The van der Waals surface area contributed by atoms with Crippen LogP contribution in [-0.2, 0) is 19.1 Å². The van der Waals surface area contributed by atoms with E-state index in [-0.39, 0.29) is 43.5 Å². The van der Waals surface area contributed by atoms with Crippen molar-refractivity contribution in [2.45, 2.75) is 121 Å². The monoisotopic (exact) mass is 986 g/mol. The molecule has 4 saturated heterocycles. The Bertz CT molecular complexity index is 2620. The number of fused-ring (bicyclic) bond motifs is 2. The average molecular weight is 987 g/mol. The van der Waals surface area contributed by atoms with Gasteiger partial charge in [-0.3, -0.25) is 9.59 Å². The van der Waals surface area contributed by atoms with Gasteiger partial charge in [-0.05, 0) is 91.5 Å². The number of H-pyrrole nitrogens is 2. The van der Waals surface area contributed by atoms with Gasteiger partial charge in [0.15, 0.2) is 11.6 Å². The predicted octanol–water partition coefficient (Wildman–Crippen LogP) is 8.77. The van der Waals surface area contributed by atoms with E-state index in [1.54, 1.807) is 32.6 Å². The van der Waals surface area contributed by atoms with Crippen molar-refractivity contribution in [3.05, 3.63) is 82.9 Å². The van der Waals surface area contributed by atoms with Crippen molar-refractivity contribution in [2.24, 2.45) is 11.8 Å². The van der Waals surface area contributed by atoms with E-state index < -0.39 is 84.2 Å². The summed E-state index contributed by atoms with van der Waals surface area (Å²) in [5.74, 6) is -2.06. The number of aromatic nitrogens is 4. The van der Waals surface area contributed by atoms with E-state index >= 15 is 17.6 Å². The number of halogens is 4. The summed E-state index contributed by atoms with van der Waals surface area (Å²) < 4.78 is 72.7. The van der Waals surface area contributed by atoms with Crippen molar-refractivity contribution in [1.29, 1.82) is 0 Å². The summed E-state index contributed by atoms with van der Waals surface area (Å²) in [5, 5.41) is 5.18. The molecule has 2 aromatic heterocycles. The molecule has 4 aliphatic heterocycles. The van der Waals surface area contributed by atoms with Crippen LogP contribution in [0.25, 0.3) is 22.1 Å². The first kappa shape index (κ1) is 49.4. The van der Waals surface area contributed by atoms with Crippen LogP contribution < -0.4 is 20.4 Å². The number of alkyl halides is 2. The fraction of sp³-hybridized carbons (Fsp3) is 0.529. The van der Waals surface area contributed by atoms with Gasteiger partial charge in [0, 0.05) is 31.6 Å². The number of piperidine rings is 1. The highest BCUT2D eigenvalue weighted by molar-refractivity contribution is 5.88. The Hall–Kier alpha value is -6.60. The van der Waals surface area contributed by atoms with Gasteiger partial charge >= 0.3 is 12.2 Å². The molecule has 0 radical (unpaired) electrons. The summed E-state index contributed by atoms with van der Waals surface area (Å²) in [4.78, 5) is 75.2. The minimum Gasteiger partial charge on any atom is -0.453 e. The first-order chi connectivity index (χ1) is 34.0. The van der Waals surface area contributed by atoms with E-state index in [0.717, 1.165) is 30.4 Å². The fourth-order valence-electron chi connectivity index (χ4n) is 11.1. The molecule has 71 heavy (non-hydrogen) atoms. The van der Waals surface area contributed by atoms with Crippen LogP contribution >= 0.6 is 0 Å². The molecule has 20 heteroatoms. The van der Waals surface area contributed by atoms with E-state index in [1.165, 1.54) is 36.2 Å². The van der Waals surface area contributed by atoms with Gasteiger partial charge in [-0.2, -0.15) is 0 Å². The molecule has 0 spiro atoms. The number of carbonyl (C=O) groups is 4. The highest BCUT2D eigenvalue weighted by Crippen LogP contribution is 2.49. The van der Waals surface area contributed by atoms with Crippen LogP contribution in [-0.4, -0.2) is 119 Å². The van der Waals surface area contributed by atoms with Gasteiger partial charge in [-0.1, -0.05) is 39.8 Å².